The SMILES string of the molecule is C/C(N)=C/C(=O)OCCSCCOC(=O)/C=C(/C)N. The Morgan fingerprint density at radius 2 is 1.32 bits per heavy atom. The largest absolute Gasteiger partial charge is 0.462 e. The van der Waals surface area contributed by atoms with Crippen LogP contribution in [0.15, 0.2) is 23.5 Å². The number of rotatable bonds is 8. The van der Waals surface area contributed by atoms with Crippen LogP contribution in [-0.2, 0) is 19.1 Å². The number of hydrogen-bond acceptors (Lipinski definition) is 7. The van der Waals surface area contributed by atoms with Gasteiger partial charge >= 0.3 is 11.9 Å². The molecule has 7 heteroatoms. The first-order valence-corrected chi connectivity index (χ1v) is 6.86. The molecule has 6 nitrogen and oxygen atoms in total. The van der Waals surface area contributed by atoms with Crippen molar-refractivity contribution in [3.05, 3.63) is 23.5 Å². The van der Waals surface area contributed by atoms with Crippen molar-refractivity contribution in [2.75, 3.05) is 24.7 Å². The zero-order valence-corrected chi connectivity index (χ0v) is 12.0. The maximum atomic E-state index is 11.1. The summed E-state index contributed by atoms with van der Waals surface area (Å²) in [6.45, 7) is 3.82. The molecule has 0 unspecified atom stereocenters. The molecule has 0 amide bonds. The Morgan fingerprint density at radius 1 is 0.947 bits per heavy atom. The Balaban J connectivity index is 3.47. The van der Waals surface area contributed by atoms with Gasteiger partial charge < -0.3 is 20.9 Å². The Bertz CT molecular complexity index is 325. The minimum atomic E-state index is -0.449. The van der Waals surface area contributed by atoms with Crippen molar-refractivity contribution in [2.45, 2.75) is 13.8 Å². The molecule has 4 N–H and O–H groups in total. The number of thioether (sulfide) groups is 1. The second-order valence-corrected chi connectivity index (χ2v) is 4.95. The van der Waals surface area contributed by atoms with Gasteiger partial charge in [0.05, 0.1) is 0 Å². The predicted molar refractivity (Wildman–Crippen MR) is 75.1 cm³/mol. The molecule has 0 rings (SSSR count). The summed E-state index contributed by atoms with van der Waals surface area (Å²) in [5.41, 5.74) is 11.5. The molecular formula is C12H20N2O4S. The van der Waals surface area contributed by atoms with E-state index in [1.54, 1.807) is 13.8 Å². The zero-order chi connectivity index (χ0) is 14.7. The van der Waals surface area contributed by atoms with Gasteiger partial charge in [0.25, 0.3) is 0 Å². The van der Waals surface area contributed by atoms with Crippen molar-refractivity contribution in [1.82, 2.24) is 0 Å². The second-order valence-electron chi connectivity index (χ2n) is 3.72. The molecule has 108 valence electrons. The summed E-state index contributed by atoms with van der Waals surface area (Å²) in [6, 6.07) is 0. The molecule has 0 heterocycles. The summed E-state index contributed by atoms with van der Waals surface area (Å²) < 4.78 is 9.77. The zero-order valence-electron chi connectivity index (χ0n) is 11.2. The molecule has 0 aliphatic heterocycles. The van der Waals surface area contributed by atoms with E-state index in [1.807, 2.05) is 0 Å². The molecule has 0 saturated carbocycles. The minimum Gasteiger partial charge on any atom is -0.462 e. The van der Waals surface area contributed by atoms with E-state index in [9.17, 15) is 9.59 Å². The lowest BCUT2D eigenvalue weighted by Crippen LogP contribution is -2.09. The van der Waals surface area contributed by atoms with E-state index in [4.69, 9.17) is 20.9 Å². The third-order valence-corrected chi connectivity index (χ3v) is 2.55. The predicted octanol–water partition coefficient (Wildman–Crippen LogP) is 0.531. The minimum absolute atomic E-state index is 0.295. The molecule has 0 atom stereocenters. The fraction of sp³-hybridized carbons (Fsp3) is 0.500. The van der Waals surface area contributed by atoms with Crippen molar-refractivity contribution < 1.29 is 19.1 Å². The lowest BCUT2D eigenvalue weighted by Gasteiger charge is -2.03. The fourth-order valence-corrected chi connectivity index (χ4v) is 1.57. The molecule has 0 aliphatic carbocycles. The molecule has 0 saturated heterocycles. The van der Waals surface area contributed by atoms with Crippen molar-refractivity contribution >= 4 is 23.7 Å². The summed E-state index contributed by atoms with van der Waals surface area (Å²) in [5.74, 6) is 0.366. The topological polar surface area (TPSA) is 105 Å². The second kappa shape index (κ2) is 10.3. The van der Waals surface area contributed by atoms with Crippen molar-refractivity contribution in [1.29, 1.82) is 0 Å². The van der Waals surface area contributed by atoms with Gasteiger partial charge in [-0.05, 0) is 13.8 Å². The van der Waals surface area contributed by atoms with Crippen LogP contribution in [0.3, 0.4) is 0 Å². The number of allylic oxidation sites excluding steroid dienone is 2. The number of carbonyl (C=O) groups is 2. The Hall–Kier alpha value is -1.63. The summed E-state index contributed by atoms with van der Waals surface area (Å²) >= 11 is 1.52. The van der Waals surface area contributed by atoms with E-state index in [1.165, 1.54) is 23.9 Å². The summed E-state index contributed by atoms with van der Waals surface area (Å²) in [4.78, 5) is 22.1. The van der Waals surface area contributed by atoms with E-state index in [0.29, 0.717) is 36.1 Å². The highest BCUT2D eigenvalue weighted by molar-refractivity contribution is 7.99. The van der Waals surface area contributed by atoms with Crippen molar-refractivity contribution in [3.8, 4) is 0 Å². The summed E-state index contributed by atoms with van der Waals surface area (Å²) in [7, 11) is 0. The van der Waals surface area contributed by atoms with Gasteiger partial charge in [-0.2, -0.15) is 11.8 Å². The maximum absolute atomic E-state index is 11.1. The lowest BCUT2D eigenvalue weighted by molar-refractivity contribution is -0.137. The standard InChI is InChI=1S/C12H20N2O4S/c1-9(13)7-11(15)17-3-5-19-6-4-18-12(16)8-10(2)14/h7-8H,3-6,13-14H2,1-2H3/b9-7-,10-8-. The number of nitrogens with two attached hydrogens (primary N) is 2. The first-order chi connectivity index (χ1) is 8.91. The first-order valence-electron chi connectivity index (χ1n) is 5.70. The molecule has 0 aromatic carbocycles. The Morgan fingerprint density at radius 3 is 1.63 bits per heavy atom. The monoisotopic (exact) mass is 288 g/mol. The van der Waals surface area contributed by atoms with E-state index in [2.05, 4.69) is 0 Å². The van der Waals surface area contributed by atoms with Gasteiger partial charge in [0.1, 0.15) is 13.2 Å². The van der Waals surface area contributed by atoms with Crippen LogP contribution in [0.5, 0.6) is 0 Å². The maximum Gasteiger partial charge on any atom is 0.332 e. The highest BCUT2D eigenvalue weighted by atomic mass is 32.2. The van der Waals surface area contributed by atoms with Gasteiger partial charge in [-0.15, -0.1) is 0 Å². The molecule has 0 radical (unpaired) electrons. The van der Waals surface area contributed by atoms with Crippen LogP contribution in [-0.4, -0.2) is 36.7 Å². The van der Waals surface area contributed by atoms with Crippen LogP contribution >= 0.6 is 11.8 Å². The van der Waals surface area contributed by atoms with Crippen LogP contribution in [0.25, 0.3) is 0 Å². The van der Waals surface area contributed by atoms with Gasteiger partial charge in [0.2, 0.25) is 0 Å². The van der Waals surface area contributed by atoms with Crippen LogP contribution in [0, 0.1) is 0 Å². The Labute approximate surface area is 117 Å². The average molecular weight is 288 g/mol. The summed E-state index contributed by atoms with van der Waals surface area (Å²) in [5, 5.41) is 0. The Kier molecular flexibility index (Phi) is 9.42. The van der Waals surface area contributed by atoms with Crippen LogP contribution in [0.4, 0.5) is 0 Å². The number of carbonyl (C=O) groups excluding carboxylic acids is 2. The van der Waals surface area contributed by atoms with Crippen molar-refractivity contribution in [2.24, 2.45) is 11.5 Å². The normalized spacial score (nSPS) is 12.1. The number of esters is 2. The molecule has 19 heavy (non-hydrogen) atoms. The van der Waals surface area contributed by atoms with Crippen LogP contribution < -0.4 is 11.5 Å². The highest BCUT2D eigenvalue weighted by Crippen LogP contribution is 2.00. The van der Waals surface area contributed by atoms with Gasteiger partial charge in [-0.3, -0.25) is 0 Å². The molecule has 0 spiro atoms. The van der Waals surface area contributed by atoms with Gasteiger partial charge in [-0.25, -0.2) is 9.59 Å². The highest BCUT2D eigenvalue weighted by Gasteiger charge is 2.00. The molecular weight excluding hydrogens is 268 g/mol. The third-order valence-electron chi connectivity index (χ3n) is 1.64. The molecule has 0 aromatic rings. The van der Waals surface area contributed by atoms with Gasteiger partial charge in [0, 0.05) is 35.1 Å². The van der Waals surface area contributed by atoms with E-state index < -0.39 is 11.9 Å². The lowest BCUT2D eigenvalue weighted by atomic mass is 10.4. The fourth-order valence-electron chi connectivity index (χ4n) is 0.960. The number of hydrogen-bond donors (Lipinski definition) is 2. The van der Waals surface area contributed by atoms with Crippen LogP contribution in [0.2, 0.25) is 0 Å². The third kappa shape index (κ3) is 12.6. The van der Waals surface area contributed by atoms with Crippen molar-refractivity contribution in [3.63, 3.8) is 0 Å². The first kappa shape index (κ1) is 17.4. The quantitative estimate of drug-likeness (QED) is 0.381. The van der Waals surface area contributed by atoms with E-state index >= 15 is 0 Å². The number of ether oxygens (including phenoxy) is 2. The molecule has 0 aliphatic rings. The smallest absolute Gasteiger partial charge is 0.332 e. The van der Waals surface area contributed by atoms with Crippen LogP contribution in [0.1, 0.15) is 13.8 Å². The van der Waals surface area contributed by atoms with E-state index in [0.717, 1.165) is 0 Å². The van der Waals surface area contributed by atoms with E-state index in [-0.39, 0.29) is 0 Å². The molecule has 0 bridgehead atoms. The molecule has 0 aromatic heterocycles. The van der Waals surface area contributed by atoms with Gasteiger partial charge in [-0.1, -0.05) is 0 Å². The molecule has 0 fully saturated rings. The van der Waals surface area contributed by atoms with Gasteiger partial charge in [0.15, 0.2) is 0 Å². The average Bonchev–Trinajstić information content (AvgIpc) is 2.25. The summed E-state index contributed by atoms with van der Waals surface area (Å²) in [6.07, 6.45) is 2.46.